The van der Waals surface area contributed by atoms with E-state index < -0.39 is 12.1 Å². The van der Waals surface area contributed by atoms with Crippen LogP contribution in [-0.4, -0.2) is 54.6 Å². The molecule has 1 unspecified atom stereocenters. The van der Waals surface area contributed by atoms with Gasteiger partial charge in [0.2, 0.25) is 0 Å². The molecule has 170 valence electrons. The number of alkyl halides is 3. The first kappa shape index (κ1) is 23.0. The lowest BCUT2D eigenvalue weighted by Crippen LogP contribution is -2.35. The van der Waals surface area contributed by atoms with E-state index >= 15 is 0 Å². The maximum Gasteiger partial charge on any atom is 0.490 e. The molecule has 1 saturated carbocycles. The highest BCUT2D eigenvalue weighted by atomic mass is 19.4. The summed E-state index contributed by atoms with van der Waals surface area (Å²) in [5, 5.41) is 11.4. The standard InChI is InChI=1S/C18H25N5O.C2HF3O2/c24-18-6-3-7-20-23(18)13-16-11-21(10-15-4-1-2-5-15)14-17-19-8-9-22(17)12-16;3-2(4,5)1(6)7/h3,6-9,15-16H,1-2,4-5,10-14H2;(H,6,7). The smallest absolute Gasteiger partial charge is 0.475 e. The van der Waals surface area contributed by atoms with Crippen molar-refractivity contribution >= 4 is 5.97 Å². The zero-order valence-corrected chi connectivity index (χ0v) is 17.0. The summed E-state index contributed by atoms with van der Waals surface area (Å²) < 4.78 is 35.6. The molecule has 1 N–H and O–H groups in total. The van der Waals surface area contributed by atoms with Gasteiger partial charge in [0.25, 0.3) is 5.56 Å². The van der Waals surface area contributed by atoms with Crippen LogP contribution in [0.3, 0.4) is 0 Å². The van der Waals surface area contributed by atoms with Gasteiger partial charge in [-0.1, -0.05) is 12.8 Å². The van der Waals surface area contributed by atoms with Crippen molar-refractivity contribution in [3.63, 3.8) is 0 Å². The molecule has 2 aliphatic rings. The van der Waals surface area contributed by atoms with Crippen LogP contribution in [0.1, 0.15) is 31.5 Å². The van der Waals surface area contributed by atoms with Gasteiger partial charge >= 0.3 is 12.1 Å². The molecule has 0 bridgehead atoms. The molecular weight excluding hydrogens is 415 g/mol. The van der Waals surface area contributed by atoms with Gasteiger partial charge in [-0.15, -0.1) is 0 Å². The molecule has 0 spiro atoms. The van der Waals surface area contributed by atoms with Crippen LogP contribution in [-0.2, 0) is 24.4 Å². The molecule has 1 aliphatic carbocycles. The Morgan fingerprint density at radius 2 is 1.84 bits per heavy atom. The van der Waals surface area contributed by atoms with Gasteiger partial charge in [-0.25, -0.2) is 14.5 Å². The second-order valence-electron chi connectivity index (χ2n) is 8.05. The Labute approximate surface area is 177 Å². The Bertz CT molecular complexity index is 921. The number of carboxylic acid groups (broad SMARTS) is 1. The third kappa shape index (κ3) is 6.65. The summed E-state index contributed by atoms with van der Waals surface area (Å²) in [6.45, 7) is 4.64. The molecular formula is C20H26F3N5O3. The summed E-state index contributed by atoms with van der Waals surface area (Å²) in [5.74, 6) is -0.421. The van der Waals surface area contributed by atoms with E-state index in [2.05, 4.69) is 25.7 Å². The summed E-state index contributed by atoms with van der Waals surface area (Å²) in [4.78, 5) is 28.0. The molecule has 2 aromatic heterocycles. The quantitative estimate of drug-likeness (QED) is 0.783. The fourth-order valence-electron chi connectivity index (χ4n) is 4.21. The maximum atomic E-state index is 12.0. The molecule has 8 nitrogen and oxygen atoms in total. The van der Waals surface area contributed by atoms with Crippen LogP contribution in [0.25, 0.3) is 0 Å². The maximum absolute atomic E-state index is 12.0. The molecule has 31 heavy (non-hydrogen) atoms. The number of aliphatic carboxylic acids is 1. The summed E-state index contributed by atoms with van der Waals surface area (Å²) in [5.41, 5.74) is -0.0186. The molecule has 0 saturated heterocycles. The number of nitrogens with zero attached hydrogens (tertiary/aromatic N) is 5. The number of hydrogen-bond acceptors (Lipinski definition) is 5. The summed E-state index contributed by atoms with van der Waals surface area (Å²) in [6.07, 6.45) is 6.02. The molecule has 1 atom stereocenters. The Kier molecular flexibility index (Phi) is 7.47. The predicted octanol–water partition coefficient (Wildman–Crippen LogP) is 2.40. The molecule has 0 radical (unpaired) electrons. The van der Waals surface area contributed by atoms with Crippen molar-refractivity contribution in [2.45, 2.75) is 51.5 Å². The fraction of sp³-hybridized carbons (Fsp3) is 0.600. The minimum absolute atomic E-state index is 0.0186. The molecule has 2 aromatic rings. The fourth-order valence-corrected chi connectivity index (χ4v) is 4.21. The Balaban J connectivity index is 0.000000339. The van der Waals surface area contributed by atoms with Gasteiger partial charge < -0.3 is 9.67 Å². The minimum Gasteiger partial charge on any atom is -0.475 e. The SMILES string of the molecule is O=C(O)C(F)(F)F.O=c1cccnn1CC1CN(CC2CCCC2)Cc2nccn2C1. The van der Waals surface area contributed by atoms with E-state index in [9.17, 15) is 18.0 Å². The van der Waals surface area contributed by atoms with Gasteiger partial charge in [-0.05, 0) is 24.8 Å². The van der Waals surface area contributed by atoms with Crippen molar-refractivity contribution in [3.05, 3.63) is 46.9 Å². The third-order valence-corrected chi connectivity index (χ3v) is 5.59. The molecule has 4 rings (SSSR count). The highest BCUT2D eigenvalue weighted by Gasteiger charge is 2.38. The van der Waals surface area contributed by atoms with Crippen molar-refractivity contribution < 1.29 is 23.1 Å². The lowest BCUT2D eigenvalue weighted by Gasteiger charge is -2.26. The van der Waals surface area contributed by atoms with Crippen molar-refractivity contribution in [2.24, 2.45) is 11.8 Å². The van der Waals surface area contributed by atoms with E-state index in [1.807, 2.05) is 6.20 Å². The normalized spacial score (nSPS) is 19.9. The Morgan fingerprint density at radius 3 is 2.48 bits per heavy atom. The van der Waals surface area contributed by atoms with Crippen LogP contribution in [0.4, 0.5) is 13.2 Å². The van der Waals surface area contributed by atoms with Crippen molar-refractivity contribution in [2.75, 3.05) is 13.1 Å². The van der Waals surface area contributed by atoms with Gasteiger partial charge in [0, 0.05) is 50.2 Å². The number of imidazole rings is 1. The van der Waals surface area contributed by atoms with Crippen LogP contribution >= 0.6 is 0 Å². The molecule has 1 fully saturated rings. The summed E-state index contributed by atoms with van der Waals surface area (Å²) in [7, 11) is 0. The van der Waals surface area contributed by atoms with Gasteiger partial charge in [0.1, 0.15) is 5.82 Å². The lowest BCUT2D eigenvalue weighted by atomic mass is 10.1. The first-order valence-electron chi connectivity index (χ1n) is 10.3. The Morgan fingerprint density at radius 1 is 1.13 bits per heavy atom. The van der Waals surface area contributed by atoms with E-state index in [0.29, 0.717) is 12.5 Å². The van der Waals surface area contributed by atoms with Crippen molar-refractivity contribution in [1.82, 2.24) is 24.2 Å². The van der Waals surface area contributed by atoms with Crippen LogP contribution in [0, 0.1) is 11.8 Å². The first-order chi connectivity index (χ1) is 14.7. The van der Waals surface area contributed by atoms with E-state index in [0.717, 1.165) is 37.9 Å². The van der Waals surface area contributed by atoms with Crippen LogP contribution < -0.4 is 5.56 Å². The monoisotopic (exact) mass is 441 g/mol. The average Bonchev–Trinajstić information content (AvgIpc) is 3.33. The molecule has 1 aliphatic heterocycles. The number of fused-ring (bicyclic) bond motifs is 1. The summed E-state index contributed by atoms with van der Waals surface area (Å²) in [6, 6.07) is 3.29. The third-order valence-electron chi connectivity index (χ3n) is 5.59. The molecule has 11 heteroatoms. The van der Waals surface area contributed by atoms with Crippen LogP contribution in [0.5, 0.6) is 0 Å². The van der Waals surface area contributed by atoms with Crippen molar-refractivity contribution in [1.29, 1.82) is 0 Å². The Hall–Kier alpha value is -2.69. The zero-order valence-electron chi connectivity index (χ0n) is 17.0. The van der Waals surface area contributed by atoms with Crippen LogP contribution in [0.2, 0.25) is 0 Å². The zero-order chi connectivity index (χ0) is 22.4. The highest BCUT2D eigenvalue weighted by Crippen LogP contribution is 2.27. The largest absolute Gasteiger partial charge is 0.490 e. The molecule has 0 aromatic carbocycles. The van der Waals surface area contributed by atoms with Crippen LogP contribution in [0.15, 0.2) is 35.5 Å². The number of rotatable bonds is 4. The highest BCUT2D eigenvalue weighted by molar-refractivity contribution is 5.73. The molecule has 0 amide bonds. The van der Waals surface area contributed by atoms with Crippen molar-refractivity contribution in [3.8, 4) is 0 Å². The second kappa shape index (κ2) is 10.1. The van der Waals surface area contributed by atoms with E-state index in [1.54, 1.807) is 23.0 Å². The average molecular weight is 441 g/mol. The number of carbonyl (C=O) groups is 1. The first-order valence-corrected chi connectivity index (χ1v) is 10.3. The predicted molar refractivity (Wildman–Crippen MR) is 105 cm³/mol. The minimum atomic E-state index is -5.08. The van der Waals surface area contributed by atoms with E-state index in [4.69, 9.17) is 9.90 Å². The topological polar surface area (TPSA) is 93.2 Å². The number of aromatic nitrogens is 4. The van der Waals surface area contributed by atoms with Gasteiger partial charge in [0.15, 0.2) is 0 Å². The van der Waals surface area contributed by atoms with Gasteiger partial charge in [0.05, 0.1) is 13.1 Å². The number of carboxylic acids is 1. The van der Waals surface area contributed by atoms with E-state index in [-0.39, 0.29) is 5.56 Å². The number of halogens is 3. The molecule has 3 heterocycles. The second-order valence-corrected chi connectivity index (χ2v) is 8.05. The van der Waals surface area contributed by atoms with E-state index in [1.165, 1.54) is 25.7 Å². The summed E-state index contributed by atoms with van der Waals surface area (Å²) >= 11 is 0. The van der Waals surface area contributed by atoms with Gasteiger partial charge in [-0.3, -0.25) is 9.69 Å². The number of hydrogen-bond donors (Lipinski definition) is 1. The van der Waals surface area contributed by atoms with Gasteiger partial charge in [-0.2, -0.15) is 18.3 Å². The lowest BCUT2D eigenvalue weighted by molar-refractivity contribution is -0.192.